The number of aldehydes is 1. The Labute approximate surface area is 193 Å². The van der Waals surface area contributed by atoms with Gasteiger partial charge in [0.15, 0.2) is 5.17 Å². The van der Waals surface area contributed by atoms with Crippen LogP contribution in [-0.4, -0.2) is 48.3 Å². The number of fused-ring (bicyclic) bond motifs is 1. The van der Waals surface area contributed by atoms with Crippen LogP contribution in [0.25, 0.3) is 0 Å². The molecule has 3 unspecified atom stereocenters. The van der Waals surface area contributed by atoms with Gasteiger partial charge in [-0.1, -0.05) is 36.0 Å². The summed E-state index contributed by atoms with van der Waals surface area (Å²) in [7, 11) is 0. The monoisotopic (exact) mass is 473 g/mol. The number of hydrogen-bond donors (Lipinski definition) is 2. The Balaban J connectivity index is 1.66. The van der Waals surface area contributed by atoms with Gasteiger partial charge in [0.2, 0.25) is 5.91 Å². The van der Waals surface area contributed by atoms with E-state index in [0.29, 0.717) is 17.6 Å². The fraction of sp³-hybridized carbons (Fsp3) is 0.304. The van der Waals surface area contributed by atoms with Crippen molar-refractivity contribution in [3.05, 3.63) is 71.3 Å². The maximum absolute atomic E-state index is 14.9. The first-order valence-electron chi connectivity index (χ1n) is 10.3. The van der Waals surface area contributed by atoms with Crippen LogP contribution < -0.4 is 10.6 Å². The van der Waals surface area contributed by atoms with Crippen LogP contribution in [0.5, 0.6) is 0 Å². The molecule has 0 radical (unpaired) electrons. The Morgan fingerprint density at radius 2 is 2.00 bits per heavy atom. The smallest absolute Gasteiger partial charge is 0.257 e. The third kappa shape index (κ3) is 4.81. The zero-order valence-corrected chi connectivity index (χ0v) is 18.2. The predicted molar refractivity (Wildman–Crippen MR) is 119 cm³/mol. The third-order valence-electron chi connectivity index (χ3n) is 5.71. The third-order valence-corrected chi connectivity index (χ3v) is 6.74. The number of nitrogens with one attached hydrogen (secondary N) is 2. The molecule has 4 rings (SSSR count). The van der Waals surface area contributed by atoms with Crippen LogP contribution in [0.15, 0.2) is 53.5 Å². The van der Waals surface area contributed by atoms with Crippen LogP contribution in [0.1, 0.15) is 22.3 Å². The summed E-state index contributed by atoms with van der Waals surface area (Å²) in [5.41, 5.74) is -0.673. The summed E-state index contributed by atoms with van der Waals surface area (Å²) in [6.07, 6.45) is -0.0397. The lowest BCUT2D eigenvalue weighted by atomic mass is 9.75. The minimum absolute atomic E-state index is 0.132. The highest BCUT2D eigenvalue weighted by Crippen LogP contribution is 2.47. The van der Waals surface area contributed by atoms with Crippen molar-refractivity contribution < 1.29 is 27.9 Å². The van der Waals surface area contributed by atoms with Gasteiger partial charge in [-0.2, -0.15) is 0 Å². The van der Waals surface area contributed by atoms with Crippen molar-refractivity contribution >= 4 is 35.0 Å². The number of benzene rings is 2. The summed E-state index contributed by atoms with van der Waals surface area (Å²) in [6.45, 7) is -0.283. The quantitative estimate of drug-likeness (QED) is 0.651. The predicted octanol–water partition coefficient (Wildman–Crippen LogP) is 2.41. The maximum atomic E-state index is 14.9. The van der Waals surface area contributed by atoms with Gasteiger partial charge in [-0.3, -0.25) is 9.59 Å². The van der Waals surface area contributed by atoms with Crippen molar-refractivity contribution in [1.82, 2.24) is 10.6 Å². The van der Waals surface area contributed by atoms with Crippen molar-refractivity contribution in [3.63, 3.8) is 0 Å². The first kappa shape index (κ1) is 23.1. The number of hydrogen-bond acceptors (Lipinski definition) is 6. The second kappa shape index (κ2) is 9.80. The Hall–Kier alpha value is -3.11. The van der Waals surface area contributed by atoms with Crippen LogP contribution in [0, 0.1) is 17.6 Å². The summed E-state index contributed by atoms with van der Waals surface area (Å²) >= 11 is 1.28. The molecule has 2 amide bonds. The van der Waals surface area contributed by atoms with E-state index in [1.54, 1.807) is 30.3 Å². The highest BCUT2D eigenvalue weighted by molar-refractivity contribution is 8.13. The molecule has 1 fully saturated rings. The molecular formula is C23H21F2N3O4S. The van der Waals surface area contributed by atoms with Crippen LogP contribution in [0.3, 0.4) is 0 Å². The lowest BCUT2D eigenvalue weighted by molar-refractivity contribution is -0.142. The maximum Gasteiger partial charge on any atom is 0.257 e. The first-order valence-corrected chi connectivity index (χ1v) is 11.3. The minimum Gasteiger partial charge on any atom is -0.365 e. The number of nitrogens with zero attached hydrogens (tertiary/aromatic N) is 1. The largest absolute Gasteiger partial charge is 0.365 e. The lowest BCUT2D eigenvalue weighted by Crippen LogP contribution is -2.54. The van der Waals surface area contributed by atoms with Crippen molar-refractivity contribution in [2.24, 2.45) is 10.9 Å². The van der Waals surface area contributed by atoms with E-state index in [-0.39, 0.29) is 42.1 Å². The van der Waals surface area contributed by atoms with E-state index in [4.69, 9.17) is 4.74 Å². The molecule has 10 heteroatoms. The highest BCUT2D eigenvalue weighted by Gasteiger charge is 2.51. The molecular weight excluding hydrogens is 452 g/mol. The van der Waals surface area contributed by atoms with Gasteiger partial charge in [-0.05, 0) is 24.6 Å². The van der Waals surface area contributed by atoms with Crippen molar-refractivity contribution in [2.75, 3.05) is 18.9 Å². The molecule has 2 aromatic rings. The number of aliphatic imine (C=N–C) groups is 1. The van der Waals surface area contributed by atoms with Gasteiger partial charge in [0, 0.05) is 28.9 Å². The van der Waals surface area contributed by atoms with Gasteiger partial charge < -0.3 is 20.2 Å². The number of carbonyl (C=O) groups excluding carboxylic acids is 3. The zero-order valence-electron chi connectivity index (χ0n) is 17.4. The van der Waals surface area contributed by atoms with E-state index in [1.165, 1.54) is 17.8 Å². The molecule has 33 heavy (non-hydrogen) atoms. The molecule has 2 aliphatic rings. The fourth-order valence-corrected chi connectivity index (χ4v) is 5.21. The van der Waals surface area contributed by atoms with Crippen molar-refractivity contribution in [2.45, 2.75) is 18.1 Å². The van der Waals surface area contributed by atoms with Gasteiger partial charge in [-0.15, -0.1) is 0 Å². The number of halogens is 2. The van der Waals surface area contributed by atoms with Gasteiger partial charge in [0.25, 0.3) is 5.91 Å². The molecule has 0 bridgehead atoms. The molecule has 2 heterocycles. The van der Waals surface area contributed by atoms with E-state index in [2.05, 4.69) is 15.6 Å². The van der Waals surface area contributed by atoms with E-state index in [0.717, 1.165) is 12.1 Å². The number of carbonyl (C=O) groups is 3. The normalized spacial score (nSPS) is 24.2. The summed E-state index contributed by atoms with van der Waals surface area (Å²) in [4.78, 5) is 40.2. The summed E-state index contributed by atoms with van der Waals surface area (Å²) in [6, 6.07) is 11.8. The van der Waals surface area contributed by atoms with E-state index in [1.807, 2.05) is 0 Å². The standard InChI is InChI=1S/C23H21F2N3O4S/c24-16-6-7-17(18(25)11-16)23-13-32-19(21(31)26-8-9-29)10-15(23)12-33-22(28-23)27-20(30)14-4-2-1-3-5-14/h1-7,9,11,15,19H,8,10,12-13H2,(H,26,31)(H,27,28,30). The van der Waals surface area contributed by atoms with Crippen LogP contribution in [0.2, 0.25) is 0 Å². The van der Waals surface area contributed by atoms with Crippen molar-refractivity contribution in [3.8, 4) is 0 Å². The van der Waals surface area contributed by atoms with E-state index in [9.17, 15) is 23.2 Å². The van der Waals surface area contributed by atoms with E-state index < -0.39 is 29.2 Å². The lowest BCUT2D eigenvalue weighted by Gasteiger charge is -2.46. The van der Waals surface area contributed by atoms with Gasteiger partial charge in [0.05, 0.1) is 13.2 Å². The number of thioether (sulfide) groups is 1. The summed E-state index contributed by atoms with van der Waals surface area (Å²) in [5.74, 6) is -2.22. The highest BCUT2D eigenvalue weighted by atomic mass is 32.2. The van der Waals surface area contributed by atoms with Crippen LogP contribution in [-0.2, 0) is 19.9 Å². The first-order chi connectivity index (χ1) is 15.9. The van der Waals surface area contributed by atoms with E-state index >= 15 is 0 Å². The molecule has 0 saturated carbocycles. The Bertz CT molecular complexity index is 1100. The molecule has 7 nitrogen and oxygen atoms in total. The molecule has 172 valence electrons. The Morgan fingerprint density at radius 3 is 2.73 bits per heavy atom. The second-order valence-corrected chi connectivity index (χ2v) is 8.75. The SMILES string of the molecule is O=CCNC(=O)C1CC2CSC(NC(=O)c3ccccc3)=NC2(c2ccc(F)cc2F)CO1. The molecule has 0 aromatic heterocycles. The molecule has 1 saturated heterocycles. The fourth-order valence-electron chi connectivity index (χ4n) is 4.05. The van der Waals surface area contributed by atoms with Gasteiger partial charge >= 0.3 is 0 Å². The van der Waals surface area contributed by atoms with Crippen molar-refractivity contribution in [1.29, 1.82) is 0 Å². The van der Waals surface area contributed by atoms with Gasteiger partial charge in [0.1, 0.15) is 29.6 Å². The number of rotatable bonds is 5. The molecule has 2 N–H and O–H groups in total. The minimum atomic E-state index is -1.25. The van der Waals surface area contributed by atoms with Crippen LogP contribution >= 0.6 is 11.8 Å². The topological polar surface area (TPSA) is 96.9 Å². The molecule has 2 aliphatic heterocycles. The average Bonchev–Trinajstić information content (AvgIpc) is 2.82. The Kier molecular flexibility index (Phi) is 6.85. The van der Waals surface area contributed by atoms with Crippen LogP contribution in [0.4, 0.5) is 8.78 Å². The molecule has 0 spiro atoms. The molecule has 0 aliphatic carbocycles. The average molecular weight is 474 g/mol. The molecule has 3 atom stereocenters. The zero-order chi connectivity index (χ0) is 23.4. The number of ether oxygens (including phenoxy) is 1. The Morgan fingerprint density at radius 1 is 1.21 bits per heavy atom. The number of amidine groups is 1. The van der Waals surface area contributed by atoms with Gasteiger partial charge in [-0.25, -0.2) is 13.8 Å². The second-order valence-electron chi connectivity index (χ2n) is 7.74. The summed E-state index contributed by atoms with van der Waals surface area (Å²) in [5, 5.41) is 5.51. The summed E-state index contributed by atoms with van der Waals surface area (Å²) < 4.78 is 34.3. The molecule has 2 aromatic carbocycles. The number of amides is 2.